The zero-order chi connectivity index (χ0) is 12.9. The molecule has 2 aromatic rings. The van der Waals surface area contributed by atoms with Crippen LogP contribution in [-0.4, -0.2) is 4.98 Å². The molecule has 0 saturated carbocycles. The zero-order valence-corrected chi connectivity index (χ0v) is 11.8. The Morgan fingerprint density at radius 1 is 1.33 bits per heavy atom. The lowest BCUT2D eigenvalue weighted by Gasteiger charge is -2.12. The van der Waals surface area contributed by atoms with Crippen LogP contribution in [0.25, 0.3) is 11.3 Å². The Bertz CT molecular complexity index is 599. The summed E-state index contributed by atoms with van der Waals surface area (Å²) in [6.45, 7) is 6.43. The first-order valence-corrected chi connectivity index (χ1v) is 7.23. The molecule has 0 fully saturated rings. The third-order valence-electron chi connectivity index (χ3n) is 3.59. The summed E-state index contributed by atoms with van der Waals surface area (Å²) in [5.74, 6) is 0.438. The third-order valence-corrected chi connectivity index (χ3v) is 4.75. The quantitative estimate of drug-likeness (QED) is 0.761. The Balaban J connectivity index is 2.05. The lowest BCUT2D eigenvalue weighted by Crippen LogP contribution is -2.16. The lowest BCUT2D eigenvalue weighted by atomic mass is 10.1. The maximum Gasteiger partial charge on any atom is 0.111 e. The van der Waals surface area contributed by atoms with E-state index < -0.39 is 0 Å². The van der Waals surface area contributed by atoms with Crippen molar-refractivity contribution in [2.75, 3.05) is 0 Å². The van der Waals surface area contributed by atoms with Crippen molar-refractivity contribution in [3.05, 3.63) is 39.2 Å². The predicted octanol–water partition coefficient (Wildman–Crippen LogP) is 3.68. The van der Waals surface area contributed by atoms with Gasteiger partial charge in [-0.1, -0.05) is 31.5 Å². The molecule has 1 aromatic carbocycles. The van der Waals surface area contributed by atoms with Gasteiger partial charge in [-0.05, 0) is 24.5 Å². The summed E-state index contributed by atoms with van der Waals surface area (Å²) in [6, 6.07) is 6.71. The van der Waals surface area contributed by atoms with E-state index in [1.165, 1.54) is 27.3 Å². The van der Waals surface area contributed by atoms with Crippen LogP contribution in [0.5, 0.6) is 0 Å². The molecule has 0 bridgehead atoms. The first-order valence-electron chi connectivity index (χ1n) is 6.41. The number of fused-ring (bicyclic) bond motifs is 3. The van der Waals surface area contributed by atoms with E-state index in [1.54, 1.807) is 11.3 Å². The van der Waals surface area contributed by atoms with Crippen molar-refractivity contribution in [1.29, 1.82) is 0 Å². The van der Waals surface area contributed by atoms with Crippen molar-refractivity contribution in [1.82, 2.24) is 4.98 Å². The highest BCUT2D eigenvalue weighted by Gasteiger charge is 2.25. The highest BCUT2D eigenvalue weighted by Crippen LogP contribution is 2.41. The van der Waals surface area contributed by atoms with Crippen LogP contribution in [0, 0.1) is 12.8 Å². The molecule has 1 heterocycles. The molecule has 0 spiro atoms. The monoisotopic (exact) mass is 258 g/mol. The first kappa shape index (κ1) is 11.9. The Morgan fingerprint density at radius 3 is 2.83 bits per heavy atom. The molecule has 0 amide bonds. The minimum atomic E-state index is 0.0638. The number of nitrogens with zero attached hydrogens (tertiary/aromatic N) is 1. The molecule has 18 heavy (non-hydrogen) atoms. The van der Waals surface area contributed by atoms with E-state index in [9.17, 15) is 0 Å². The molecule has 0 radical (unpaired) electrons. The minimum Gasteiger partial charge on any atom is -0.322 e. The molecule has 94 valence electrons. The van der Waals surface area contributed by atoms with Crippen molar-refractivity contribution >= 4 is 11.3 Å². The summed E-state index contributed by atoms with van der Waals surface area (Å²) in [7, 11) is 0. The fourth-order valence-electron chi connectivity index (χ4n) is 2.37. The molecule has 2 nitrogen and oxygen atoms in total. The maximum absolute atomic E-state index is 6.20. The van der Waals surface area contributed by atoms with E-state index >= 15 is 0 Å². The minimum absolute atomic E-state index is 0.0638. The fraction of sp³-hybridized carbons (Fsp3) is 0.400. The highest BCUT2D eigenvalue weighted by atomic mass is 32.1. The molecule has 1 atom stereocenters. The van der Waals surface area contributed by atoms with Crippen LogP contribution in [0.1, 0.15) is 40.9 Å². The van der Waals surface area contributed by atoms with Crippen molar-refractivity contribution in [2.45, 2.75) is 33.2 Å². The van der Waals surface area contributed by atoms with Gasteiger partial charge in [0, 0.05) is 16.9 Å². The van der Waals surface area contributed by atoms with Crippen LogP contribution in [0.4, 0.5) is 0 Å². The maximum atomic E-state index is 6.20. The molecular formula is C15H18N2S. The molecule has 3 rings (SSSR count). The summed E-state index contributed by atoms with van der Waals surface area (Å²) in [5, 5.41) is 1.09. The molecule has 0 aliphatic heterocycles. The average molecular weight is 258 g/mol. The summed E-state index contributed by atoms with van der Waals surface area (Å²) in [4.78, 5) is 6.16. The van der Waals surface area contributed by atoms with E-state index in [-0.39, 0.29) is 6.04 Å². The summed E-state index contributed by atoms with van der Waals surface area (Å²) in [6.07, 6.45) is 1.02. The highest BCUT2D eigenvalue weighted by molar-refractivity contribution is 7.12. The summed E-state index contributed by atoms with van der Waals surface area (Å²) >= 11 is 1.78. The Hall–Kier alpha value is -1.19. The van der Waals surface area contributed by atoms with E-state index in [1.807, 2.05) is 0 Å². The van der Waals surface area contributed by atoms with Crippen molar-refractivity contribution in [3.63, 3.8) is 0 Å². The van der Waals surface area contributed by atoms with E-state index in [0.29, 0.717) is 5.92 Å². The second-order valence-corrected chi connectivity index (χ2v) is 6.55. The van der Waals surface area contributed by atoms with Gasteiger partial charge in [0.25, 0.3) is 0 Å². The number of benzene rings is 1. The Labute approximate surface area is 112 Å². The molecule has 2 N–H and O–H groups in total. The number of hydrogen-bond donors (Lipinski definition) is 1. The number of nitrogens with two attached hydrogens (primary N) is 1. The van der Waals surface area contributed by atoms with Crippen LogP contribution in [0.2, 0.25) is 0 Å². The van der Waals surface area contributed by atoms with Gasteiger partial charge in [-0.15, -0.1) is 11.3 Å². The molecule has 1 aliphatic carbocycles. The largest absolute Gasteiger partial charge is 0.322 e. The Kier molecular flexibility index (Phi) is 2.76. The number of aryl methyl sites for hydroxylation is 1. The van der Waals surface area contributed by atoms with Crippen LogP contribution < -0.4 is 5.73 Å². The molecule has 3 heteroatoms. The predicted molar refractivity (Wildman–Crippen MR) is 76.9 cm³/mol. The normalized spacial score (nSPS) is 14.7. The van der Waals surface area contributed by atoms with Gasteiger partial charge < -0.3 is 5.73 Å². The van der Waals surface area contributed by atoms with E-state index in [4.69, 9.17) is 10.7 Å². The average Bonchev–Trinajstić information content (AvgIpc) is 2.85. The third kappa shape index (κ3) is 1.78. The summed E-state index contributed by atoms with van der Waals surface area (Å²) in [5.41, 5.74) is 11.4. The zero-order valence-electron chi connectivity index (χ0n) is 11.0. The topological polar surface area (TPSA) is 38.9 Å². The van der Waals surface area contributed by atoms with Gasteiger partial charge in [0.15, 0.2) is 0 Å². The van der Waals surface area contributed by atoms with Gasteiger partial charge in [-0.25, -0.2) is 4.98 Å². The van der Waals surface area contributed by atoms with Gasteiger partial charge in [0.2, 0.25) is 0 Å². The van der Waals surface area contributed by atoms with Gasteiger partial charge in [0.1, 0.15) is 5.01 Å². The van der Waals surface area contributed by atoms with E-state index in [0.717, 1.165) is 11.4 Å². The standard InChI is InChI=1S/C15H18N2S/c1-8(2)13(16)15-17-14-11-6-9(3)4-5-10(11)7-12(14)18-15/h4-6,8,13H,7,16H2,1-3H3. The molecule has 1 aliphatic rings. The van der Waals surface area contributed by atoms with Crippen LogP contribution in [0.3, 0.4) is 0 Å². The SMILES string of the molecule is Cc1ccc2c(c1)-c1nc(C(N)C(C)C)sc1C2. The number of rotatable bonds is 2. The Morgan fingerprint density at radius 2 is 2.11 bits per heavy atom. The van der Waals surface area contributed by atoms with E-state index in [2.05, 4.69) is 39.0 Å². The molecule has 1 aromatic heterocycles. The molecule has 1 unspecified atom stereocenters. The number of hydrogen-bond acceptors (Lipinski definition) is 3. The smallest absolute Gasteiger partial charge is 0.111 e. The summed E-state index contributed by atoms with van der Waals surface area (Å²) < 4.78 is 0. The van der Waals surface area contributed by atoms with Crippen LogP contribution in [-0.2, 0) is 6.42 Å². The van der Waals surface area contributed by atoms with Crippen LogP contribution >= 0.6 is 11.3 Å². The number of thiazole rings is 1. The van der Waals surface area contributed by atoms with Crippen molar-refractivity contribution in [3.8, 4) is 11.3 Å². The number of aromatic nitrogens is 1. The van der Waals surface area contributed by atoms with Gasteiger partial charge in [-0.3, -0.25) is 0 Å². The molecular weight excluding hydrogens is 240 g/mol. The fourth-order valence-corrected chi connectivity index (χ4v) is 3.64. The van der Waals surface area contributed by atoms with Crippen LogP contribution in [0.15, 0.2) is 18.2 Å². The lowest BCUT2D eigenvalue weighted by molar-refractivity contribution is 0.512. The van der Waals surface area contributed by atoms with Gasteiger partial charge >= 0.3 is 0 Å². The van der Waals surface area contributed by atoms with Gasteiger partial charge in [0.05, 0.1) is 11.7 Å². The second-order valence-electron chi connectivity index (χ2n) is 5.43. The van der Waals surface area contributed by atoms with Crippen molar-refractivity contribution in [2.24, 2.45) is 11.7 Å². The molecule has 0 saturated heterocycles. The van der Waals surface area contributed by atoms with Crippen molar-refractivity contribution < 1.29 is 0 Å². The van der Waals surface area contributed by atoms with Gasteiger partial charge in [-0.2, -0.15) is 0 Å². The second kappa shape index (κ2) is 4.18. The first-order chi connectivity index (χ1) is 8.56.